The SMILES string of the molecule is COC[C@H]1CC[C@H]2C(CC[C@@H]3C2CC[C@@]2(C)C3CC[C@@H]2CNC(=O)c2ccccc2)C1. The number of ether oxygens (including phenoxy) is 1. The summed E-state index contributed by atoms with van der Waals surface area (Å²) in [4.78, 5) is 12.6. The molecule has 4 aliphatic carbocycles. The molecule has 0 heterocycles. The van der Waals surface area contributed by atoms with Gasteiger partial charge in [-0.25, -0.2) is 0 Å². The summed E-state index contributed by atoms with van der Waals surface area (Å²) in [6.45, 7) is 4.39. The van der Waals surface area contributed by atoms with Crippen LogP contribution in [0.1, 0.15) is 75.1 Å². The highest BCUT2D eigenvalue weighted by Crippen LogP contribution is 2.64. The lowest BCUT2D eigenvalue weighted by molar-refractivity contribution is -0.0712. The first-order valence-corrected chi connectivity index (χ1v) is 12.9. The number of amides is 1. The number of hydrogen-bond acceptors (Lipinski definition) is 2. The average Bonchev–Trinajstić information content (AvgIpc) is 3.14. The Morgan fingerprint density at radius 1 is 1.00 bits per heavy atom. The summed E-state index contributed by atoms with van der Waals surface area (Å²) < 4.78 is 5.49. The Balaban J connectivity index is 1.22. The molecule has 1 aromatic rings. The number of fused-ring (bicyclic) bond motifs is 5. The van der Waals surface area contributed by atoms with Gasteiger partial charge in [0.15, 0.2) is 0 Å². The second-order valence-corrected chi connectivity index (χ2v) is 11.5. The van der Waals surface area contributed by atoms with Crippen LogP contribution in [0.25, 0.3) is 0 Å². The topological polar surface area (TPSA) is 38.3 Å². The smallest absolute Gasteiger partial charge is 0.251 e. The molecule has 31 heavy (non-hydrogen) atoms. The first kappa shape index (κ1) is 21.5. The van der Waals surface area contributed by atoms with E-state index in [1.54, 1.807) is 0 Å². The van der Waals surface area contributed by atoms with E-state index in [0.717, 1.165) is 54.2 Å². The molecule has 5 rings (SSSR count). The first-order valence-electron chi connectivity index (χ1n) is 12.9. The van der Waals surface area contributed by atoms with Gasteiger partial charge in [-0.1, -0.05) is 25.1 Å². The Bertz CT molecular complexity index is 764. The molecule has 170 valence electrons. The second-order valence-electron chi connectivity index (χ2n) is 11.5. The second kappa shape index (κ2) is 8.89. The van der Waals surface area contributed by atoms with Crippen molar-refractivity contribution >= 4 is 5.91 Å². The van der Waals surface area contributed by atoms with Crippen LogP contribution in [0.5, 0.6) is 0 Å². The van der Waals surface area contributed by atoms with Crippen LogP contribution >= 0.6 is 0 Å². The molecule has 1 aromatic carbocycles. The molecule has 3 nitrogen and oxygen atoms in total. The molecule has 8 atom stereocenters. The molecule has 0 bridgehead atoms. The Hall–Kier alpha value is -1.35. The third-order valence-corrected chi connectivity index (χ3v) is 10.2. The van der Waals surface area contributed by atoms with Gasteiger partial charge in [-0.3, -0.25) is 4.79 Å². The number of nitrogens with one attached hydrogen (secondary N) is 1. The molecule has 4 saturated carbocycles. The number of rotatable bonds is 5. The van der Waals surface area contributed by atoms with Gasteiger partial charge >= 0.3 is 0 Å². The zero-order valence-corrected chi connectivity index (χ0v) is 19.5. The molecule has 0 saturated heterocycles. The number of carbonyl (C=O) groups is 1. The number of methoxy groups -OCH3 is 1. The van der Waals surface area contributed by atoms with Crippen LogP contribution in [0.3, 0.4) is 0 Å². The van der Waals surface area contributed by atoms with E-state index in [1.165, 1.54) is 57.8 Å². The molecule has 3 heteroatoms. The van der Waals surface area contributed by atoms with Crippen LogP contribution in [0.15, 0.2) is 30.3 Å². The summed E-state index contributed by atoms with van der Waals surface area (Å²) in [7, 11) is 1.86. The van der Waals surface area contributed by atoms with Crippen molar-refractivity contribution in [2.24, 2.45) is 46.8 Å². The van der Waals surface area contributed by atoms with Gasteiger partial charge in [-0.05, 0) is 117 Å². The van der Waals surface area contributed by atoms with E-state index >= 15 is 0 Å². The third kappa shape index (κ3) is 3.96. The van der Waals surface area contributed by atoms with Gasteiger partial charge in [0.05, 0.1) is 0 Å². The van der Waals surface area contributed by atoms with Crippen molar-refractivity contribution in [2.75, 3.05) is 20.3 Å². The lowest BCUT2D eigenvalue weighted by atomic mass is 9.49. The Kier molecular flexibility index (Phi) is 6.16. The van der Waals surface area contributed by atoms with E-state index in [4.69, 9.17) is 4.74 Å². The van der Waals surface area contributed by atoms with Crippen LogP contribution in [0, 0.1) is 46.8 Å². The van der Waals surface area contributed by atoms with Crippen LogP contribution in [0.4, 0.5) is 0 Å². The zero-order chi connectivity index (χ0) is 21.4. The molecule has 0 spiro atoms. The van der Waals surface area contributed by atoms with Gasteiger partial charge in [0, 0.05) is 25.8 Å². The molecule has 1 amide bonds. The van der Waals surface area contributed by atoms with E-state index in [-0.39, 0.29) is 5.91 Å². The first-order chi connectivity index (χ1) is 15.1. The largest absolute Gasteiger partial charge is 0.384 e. The summed E-state index contributed by atoms with van der Waals surface area (Å²) in [6, 6.07) is 9.69. The van der Waals surface area contributed by atoms with Crippen molar-refractivity contribution in [3.05, 3.63) is 35.9 Å². The molecule has 4 fully saturated rings. The fourth-order valence-electron chi connectivity index (χ4n) is 8.69. The predicted octanol–water partition coefficient (Wildman–Crippen LogP) is 5.95. The van der Waals surface area contributed by atoms with E-state index in [1.807, 2.05) is 37.4 Å². The summed E-state index contributed by atoms with van der Waals surface area (Å²) >= 11 is 0. The highest BCUT2D eigenvalue weighted by Gasteiger charge is 2.56. The fourth-order valence-corrected chi connectivity index (χ4v) is 8.69. The number of carbonyl (C=O) groups excluding carboxylic acids is 1. The lowest BCUT2D eigenvalue weighted by Gasteiger charge is -2.56. The van der Waals surface area contributed by atoms with Gasteiger partial charge in [0.25, 0.3) is 5.91 Å². The van der Waals surface area contributed by atoms with E-state index in [2.05, 4.69) is 12.2 Å². The predicted molar refractivity (Wildman–Crippen MR) is 125 cm³/mol. The van der Waals surface area contributed by atoms with Crippen LogP contribution in [-0.2, 0) is 4.74 Å². The van der Waals surface area contributed by atoms with Gasteiger partial charge in [0.1, 0.15) is 0 Å². The average molecular weight is 424 g/mol. The van der Waals surface area contributed by atoms with Crippen molar-refractivity contribution in [2.45, 2.75) is 64.7 Å². The number of benzene rings is 1. The normalized spacial score (nSPS) is 41.7. The lowest BCUT2D eigenvalue weighted by Crippen LogP contribution is -2.49. The summed E-state index contributed by atoms with van der Waals surface area (Å²) in [5.74, 6) is 6.26. The minimum atomic E-state index is 0.0923. The van der Waals surface area contributed by atoms with Crippen LogP contribution in [0.2, 0.25) is 0 Å². The maximum atomic E-state index is 12.6. The number of hydrogen-bond donors (Lipinski definition) is 1. The van der Waals surface area contributed by atoms with Crippen molar-refractivity contribution in [3.8, 4) is 0 Å². The van der Waals surface area contributed by atoms with Crippen molar-refractivity contribution in [1.29, 1.82) is 0 Å². The molecular weight excluding hydrogens is 382 g/mol. The summed E-state index contributed by atoms with van der Waals surface area (Å²) in [5, 5.41) is 3.28. The van der Waals surface area contributed by atoms with E-state index < -0.39 is 0 Å². The monoisotopic (exact) mass is 423 g/mol. The van der Waals surface area contributed by atoms with E-state index in [9.17, 15) is 4.79 Å². The minimum absolute atomic E-state index is 0.0923. The van der Waals surface area contributed by atoms with Gasteiger partial charge in [0.2, 0.25) is 0 Å². The minimum Gasteiger partial charge on any atom is -0.384 e. The summed E-state index contributed by atoms with van der Waals surface area (Å²) in [6.07, 6.45) is 12.6. The van der Waals surface area contributed by atoms with Crippen LogP contribution < -0.4 is 5.32 Å². The van der Waals surface area contributed by atoms with Crippen molar-refractivity contribution in [1.82, 2.24) is 5.32 Å². The van der Waals surface area contributed by atoms with Gasteiger partial charge in [-0.15, -0.1) is 0 Å². The summed E-state index contributed by atoms with van der Waals surface area (Å²) in [5.41, 5.74) is 1.21. The highest BCUT2D eigenvalue weighted by atomic mass is 16.5. The fraction of sp³-hybridized carbons (Fsp3) is 0.750. The Morgan fingerprint density at radius 3 is 2.61 bits per heavy atom. The van der Waals surface area contributed by atoms with E-state index in [0.29, 0.717) is 11.3 Å². The third-order valence-electron chi connectivity index (χ3n) is 10.2. The maximum absolute atomic E-state index is 12.6. The van der Waals surface area contributed by atoms with Crippen molar-refractivity contribution < 1.29 is 9.53 Å². The highest BCUT2D eigenvalue weighted by molar-refractivity contribution is 5.94. The maximum Gasteiger partial charge on any atom is 0.251 e. The Morgan fingerprint density at radius 2 is 1.81 bits per heavy atom. The molecule has 0 aromatic heterocycles. The molecule has 1 N–H and O–H groups in total. The zero-order valence-electron chi connectivity index (χ0n) is 19.5. The van der Waals surface area contributed by atoms with Crippen LogP contribution in [-0.4, -0.2) is 26.2 Å². The Labute approximate surface area is 188 Å². The van der Waals surface area contributed by atoms with Gasteiger partial charge in [-0.2, -0.15) is 0 Å². The molecule has 0 radical (unpaired) electrons. The standard InChI is InChI=1S/C28H41NO2/c1-28-15-14-24-23-11-8-19(18-31-2)16-21(23)9-12-25(24)26(28)13-10-22(28)17-29-27(30)20-6-4-3-5-7-20/h3-7,19,21-26H,8-18H2,1-2H3,(H,29,30)/t19-,21?,22+,23-,24?,25+,26?,28+/m0/s1. The molecule has 3 unspecified atom stereocenters. The van der Waals surface area contributed by atoms with Crippen molar-refractivity contribution in [3.63, 3.8) is 0 Å². The van der Waals surface area contributed by atoms with Gasteiger partial charge < -0.3 is 10.1 Å². The quantitative estimate of drug-likeness (QED) is 0.636. The molecule has 4 aliphatic rings. The molecular formula is C28H41NO2. The molecule has 0 aliphatic heterocycles.